The summed E-state index contributed by atoms with van der Waals surface area (Å²) in [6, 6.07) is 6.35. The molecule has 0 saturated heterocycles. The van der Waals surface area contributed by atoms with Gasteiger partial charge in [-0.05, 0) is 31.4 Å². The average molecular weight is 611 g/mol. The minimum atomic E-state index is -0.683. The van der Waals surface area contributed by atoms with Crippen molar-refractivity contribution in [3.8, 4) is 22.2 Å². The number of nitrogens with zero attached hydrogens (tertiary/aromatic N) is 5. The fraction of sp³-hybridized carbons (Fsp3) is 0.286. The first-order chi connectivity index (χ1) is 20.4. The highest BCUT2D eigenvalue weighted by molar-refractivity contribution is 7.21. The summed E-state index contributed by atoms with van der Waals surface area (Å²) >= 11 is 7.69. The van der Waals surface area contributed by atoms with Gasteiger partial charge in [0.1, 0.15) is 23.0 Å². The molecule has 1 fully saturated rings. The lowest BCUT2D eigenvalue weighted by Gasteiger charge is -2.35. The van der Waals surface area contributed by atoms with Gasteiger partial charge < -0.3 is 19.3 Å². The van der Waals surface area contributed by atoms with Crippen molar-refractivity contribution in [2.45, 2.75) is 37.9 Å². The number of ether oxygens (including phenoxy) is 3. The van der Waals surface area contributed by atoms with Crippen molar-refractivity contribution in [1.29, 1.82) is 0 Å². The van der Waals surface area contributed by atoms with Crippen LogP contribution in [0.5, 0.6) is 11.6 Å². The molecule has 0 radical (unpaired) electrons. The smallest absolute Gasteiger partial charge is 0.412 e. The number of rotatable bonds is 9. The molecule has 3 aromatic heterocycles. The molecule has 0 spiro atoms. The number of carbonyl (C=O) groups is 1. The largest absolute Gasteiger partial charge is 0.483 e. The van der Waals surface area contributed by atoms with E-state index < -0.39 is 24.1 Å². The van der Waals surface area contributed by atoms with Crippen LogP contribution in [0.3, 0.4) is 0 Å². The van der Waals surface area contributed by atoms with Crippen molar-refractivity contribution in [2.75, 3.05) is 19.0 Å². The number of methoxy groups -OCH3 is 1. The number of thiazole rings is 1. The van der Waals surface area contributed by atoms with Gasteiger partial charge in [0.15, 0.2) is 11.6 Å². The van der Waals surface area contributed by atoms with Crippen molar-refractivity contribution >= 4 is 56.0 Å². The molecule has 2 atom stereocenters. The normalized spacial score (nSPS) is 16.3. The summed E-state index contributed by atoms with van der Waals surface area (Å²) in [5.74, 6) is 0.396. The molecular formula is C28H24ClFN6O5S. The maximum Gasteiger partial charge on any atom is 0.412 e. The fourth-order valence-electron chi connectivity index (χ4n) is 4.41. The van der Waals surface area contributed by atoms with E-state index in [4.69, 9.17) is 30.9 Å². The number of nitrogens with one attached hydrogen (secondary N) is 1. The summed E-state index contributed by atoms with van der Waals surface area (Å²) in [7, 11) is 1.51. The third-order valence-corrected chi connectivity index (χ3v) is 7.94. The molecule has 1 aliphatic carbocycles. The Balaban J connectivity index is 1.15. The van der Waals surface area contributed by atoms with E-state index in [1.807, 2.05) is 0 Å². The first kappa shape index (κ1) is 27.9. The van der Waals surface area contributed by atoms with Gasteiger partial charge in [-0.3, -0.25) is 5.32 Å². The molecule has 0 aliphatic heterocycles. The second-order valence-corrected chi connectivity index (χ2v) is 11.0. The fourth-order valence-corrected chi connectivity index (χ4v) is 5.62. The molecule has 6 rings (SSSR count). The number of hydrogen-bond donors (Lipinski definition) is 2. The van der Waals surface area contributed by atoms with Crippen LogP contribution in [-0.2, 0) is 11.2 Å². The van der Waals surface area contributed by atoms with Gasteiger partial charge in [0.25, 0.3) is 0 Å². The summed E-state index contributed by atoms with van der Waals surface area (Å²) in [6.07, 6.45) is 5.00. The van der Waals surface area contributed by atoms with Crippen LogP contribution < -0.4 is 14.8 Å². The summed E-state index contributed by atoms with van der Waals surface area (Å²) < 4.78 is 32.4. The van der Waals surface area contributed by atoms with E-state index >= 15 is 4.39 Å². The SMILES string of the molecule is COc1cnc2c(-c3nc4cc(F)c(O[C@@H]5CC[C@@H]5OC(=O)Nc5cnc(CCCO)nc5)cc4s3)cc(Cl)cc2n1. The van der Waals surface area contributed by atoms with Crippen molar-refractivity contribution < 1.29 is 28.5 Å². The van der Waals surface area contributed by atoms with E-state index in [0.717, 1.165) is 0 Å². The Kier molecular flexibility index (Phi) is 7.96. The van der Waals surface area contributed by atoms with Gasteiger partial charge in [0, 0.05) is 35.7 Å². The average Bonchev–Trinajstić information content (AvgIpc) is 3.39. The summed E-state index contributed by atoms with van der Waals surface area (Å²) in [6.45, 7) is 0.0513. The second-order valence-electron chi connectivity index (χ2n) is 9.52. The molecule has 0 bridgehead atoms. The van der Waals surface area contributed by atoms with Crippen LogP contribution in [0.4, 0.5) is 14.9 Å². The Morgan fingerprint density at radius 3 is 2.64 bits per heavy atom. The number of aromatic nitrogens is 5. The third kappa shape index (κ3) is 5.89. The van der Waals surface area contributed by atoms with Gasteiger partial charge in [-0.1, -0.05) is 11.6 Å². The second kappa shape index (κ2) is 12.0. The van der Waals surface area contributed by atoms with E-state index in [2.05, 4.69) is 30.2 Å². The van der Waals surface area contributed by atoms with Gasteiger partial charge in [-0.15, -0.1) is 11.3 Å². The maximum absolute atomic E-state index is 15.1. The number of fused-ring (bicyclic) bond motifs is 2. The Morgan fingerprint density at radius 1 is 1.10 bits per heavy atom. The molecule has 5 aromatic rings. The number of hydrogen-bond acceptors (Lipinski definition) is 11. The van der Waals surface area contributed by atoms with Gasteiger partial charge in [0.05, 0.1) is 52.6 Å². The monoisotopic (exact) mass is 610 g/mol. The predicted octanol–water partition coefficient (Wildman–Crippen LogP) is 5.58. The Labute approximate surface area is 247 Å². The lowest BCUT2D eigenvalue weighted by atomic mass is 9.92. The highest BCUT2D eigenvalue weighted by atomic mass is 35.5. The molecule has 0 unspecified atom stereocenters. The van der Waals surface area contributed by atoms with Crippen molar-refractivity contribution in [3.05, 3.63) is 59.5 Å². The number of benzene rings is 2. The van der Waals surface area contributed by atoms with E-state index in [1.54, 1.807) is 18.2 Å². The number of anilines is 1. The minimum Gasteiger partial charge on any atom is -0.483 e. The molecule has 3 heterocycles. The molecule has 2 aromatic carbocycles. The lowest BCUT2D eigenvalue weighted by molar-refractivity contribution is -0.0431. The molecule has 1 aliphatic rings. The van der Waals surface area contributed by atoms with Gasteiger partial charge >= 0.3 is 6.09 Å². The molecule has 42 heavy (non-hydrogen) atoms. The van der Waals surface area contributed by atoms with Gasteiger partial charge in [-0.25, -0.2) is 34.1 Å². The van der Waals surface area contributed by atoms with Crippen LogP contribution in [0.2, 0.25) is 5.02 Å². The van der Waals surface area contributed by atoms with Crippen LogP contribution in [0.15, 0.2) is 42.9 Å². The highest BCUT2D eigenvalue weighted by Crippen LogP contribution is 2.39. The zero-order valence-electron chi connectivity index (χ0n) is 22.2. The Bertz CT molecular complexity index is 1770. The molecule has 1 saturated carbocycles. The summed E-state index contributed by atoms with van der Waals surface area (Å²) in [5.41, 5.74) is 2.64. The number of amides is 1. The minimum absolute atomic E-state index is 0.0451. The summed E-state index contributed by atoms with van der Waals surface area (Å²) in [4.78, 5) is 34.2. The molecule has 216 valence electrons. The Morgan fingerprint density at radius 2 is 1.90 bits per heavy atom. The van der Waals surface area contributed by atoms with E-state index in [1.165, 1.54) is 43.1 Å². The number of aliphatic hydroxyl groups excluding tert-OH is 1. The lowest BCUT2D eigenvalue weighted by Crippen LogP contribution is -2.45. The standard InChI is InChI=1S/C28H24ClFN6O5S/c1-39-25-13-33-26-16(7-14(29)8-19(26)35-25)27-36-18-9-17(30)22(10-23(18)42-27)40-20-4-5-21(20)41-28(38)34-15-11-31-24(32-12-15)3-2-6-37/h7-13,20-21,37H,2-6H2,1H3,(H,34,38)/t20-,21+/m1/s1. The van der Waals surface area contributed by atoms with Crippen molar-refractivity contribution in [3.63, 3.8) is 0 Å². The van der Waals surface area contributed by atoms with Gasteiger partial charge in [-0.2, -0.15) is 0 Å². The van der Waals surface area contributed by atoms with Crippen LogP contribution >= 0.6 is 22.9 Å². The van der Waals surface area contributed by atoms with Crippen LogP contribution in [-0.4, -0.2) is 62.0 Å². The molecule has 2 N–H and O–H groups in total. The van der Waals surface area contributed by atoms with Gasteiger partial charge in [0.2, 0.25) is 5.88 Å². The topological polar surface area (TPSA) is 141 Å². The quantitative estimate of drug-likeness (QED) is 0.217. The number of carbonyl (C=O) groups excluding carboxylic acids is 1. The number of aryl methyl sites for hydroxylation is 1. The van der Waals surface area contributed by atoms with Crippen molar-refractivity contribution in [1.82, 2.24) is 24.9 Å². The van der Waals surface area contributed by atoms with Crippen LogP contribution in [0.25, 0.3) is 31.8 Å². The molecule has 11 nitrogen and oxygen atoms in total. The summed E-state index contributed by atoms with van der Waals surface area (Å²) in [5, 5.41) is 12.6. The van der Waals surface area contributed by atoms with E-state index in [9.17, 15) is 4.79 Å². The van der Waals surface area contributed by atoms with Crippen molar-refractivity contribution in [2.24, 2.45) is 0 Å². The molecule has 1 amide bonds. The zero-order valence-corrected chi connectivity index (χ0v) is 23.8. The zero-order chi connectivity index (χ0) is 29.2. The van der Waals surface area contributed by atoms with E-state index in [-0.39, 0.29) is 12.4 Å². The van der Waals surface area contributed by atoms with Crippen LogP contribution in [0.1, 0.15) is 25.1 Å². The predicted molar refractivity (Wildman–Crippen MR) is 155 cm³/mol. The highest BCUT2D eigenvalue weighted by Gasteiger charge is 2.37. The maximum atomic E-state index is 15.1. The Hall–Kier alpha value is -4.20. The first-order valence-electron chi connectivity index (χ1n) is 13.1. The number of aliphatic hydroxyl groups is 1. The molecule has 14 heteroatoms. The van der Waals surface area contributed by atoms with Crippen LogP contribution in [0, 0.1) is 5.82 Å². The first-order valence-corrected chi connectivity index (χ1v) is 14.3. The third-order valence-electron chi connectivity index (χ3n) is 6.67. The number of halogens is 2. The van der Waals surface area contributed by atoms with E-state index in [0.29, 0.717) is 79.9 Å². The molecular weight excluding hydrogens is 587 g/mol.